The second kappa shape index (κ2) is 8.49. The molecule has 1 aliphatic rings. The lowest BCUT2D eigenvalue weighted by molar-refractivity contribution is 0.241. The number of aromatic nitrogens is 2. The molecule has 0 saturated carbocycles. The van der Waals surface area contributed by atoms with Gasteiger partial charge in [0, 0.05) is 52.5 Å². The minimum absolute atomic E-state index is 0.264. The van der Waals surface area contributed by atoms with Crippen LogP contribution in [0.25, 0.3) is 11.0 Å². The van der Waals surface area contributed by atoms with Gasteiger partial charge in [-0.3, -0.25) is 4.90 Å². The van der Waals surface area contributed by atoms with E-state index in [1.807, 2.05) is 18.2 Å². The van der Waals surface area contributed by atoms with Crippen molar-refractivity contribution in [2.45, 2.75) is 24.9 Å². The van der Waals surface area contributed by atoms with Crippen LogP contribution >= 0.6 is 0 Å². The molecule has 3 aromatic rings. The van der Waals surface area contributed by atoms with Crippen LogP contribution in [0.4, 0.5) is 5.69 Å². The van der Waals surface area contributed by atoms with E-state index >= 15 is 0 Å². The molecule has 166 valence electrons. The van der Waals surface area contributed by atoms with E-state index in [2.05, 4.69) is 21.3 Å². The largest absolute Gasteiger partial charge is 0.508 e. The van der Waals surface area contributed by atoms with E-state index in [0.29, 0.717) is 5.52 Å². The van der Waals surface area contributed by atoms with Crippen molar-refractivity contribution in [3.63, 3.8) is 0 Å². The van der Waals surface area contributed by atoms with Crippen LogP contribution in [0.5, 0.6) is 5.75 Å². The Hall–Kier alpha value is -2.62. The number of rotatable bonds is 6. The molecule has 1 fully saturated rings. The predicted molar refractivity (Wildman–Crippen MR) is 122 cm³/mol. The molecule has 8 nitrogen and oxygen atoms in total. The van der Waals surface area contributed by atoms with Crippen LogP contribution in [-0.2, 0) is 23.1 Å². The van der Waals surface area contributed by atoms with Gasteiger partial charge >= 0.3 is 0 Å². The van der Waals surface area contributed by atoms with E-state index in [0.717, 1.165) is 56.3 Å². The highest BCUT2D eigenvalue weighted by molar-refractivity contribution is 7.89. The van der Waals surface area contributed by atoms with Gasteiger partial charge in [0.2, 0.25) is 10.0 Å². The predicted octanol–water partition coefficient (Wildman–Crippen LogP) is 2.33. The number of sulfonamides is 1. The van der Waals surface area contributed by atoms with Gasteiger partial charge in [0.1, 0.15) is 11.6 Å². The van der Waals surface area contributed by atoms with E-state index in [1.54, 1.807) is 24.3 Å². The lowest BCUT2D eigenvalue weighted by Crippen LogP contribution is -2.46. The first kappa shape index (κ1) is 21.6. The highest BCUT2D eigenvalue weighted by Gasteiger charge is 2.22. The molecule has 0 amide bonds. The Morgan fingerprint density at radius 3 is 2.32 bits per heavy atom. The second-order valence-corrected chi connectivity index (χ2v) is 10.1. The summed E-state index contributed by atoms with van der Waals surface area (Å²) in [5, 5.41) is 9.49. The second-order valence-electron chi connectivity index (χ2n) is 7.99. The minimum Gasteiger partial charge on any atom is -0.508 e. The summed E-state index contributed by atoms with van der Waals surface area (Å²) >= 11 is 0. The third-order valence-corrected chi connectivity index (χ3v) is 7.66. The maximum absolute atomic E-state index is 12.5. The van der Waals surface area contributed by atoms with Crippen molar-refractivity contribution in [1.29, 1.82) is 0 Å². The first-order valence-electron chi connectivity index (χ1n) is 10.5. The molecule has 9 heteroatoms. The molecular formula is C22H29N5O3S. The van der Waals surface area contributed by atoms with Gasteiger partial charge in [-0.15, -0.1) is 0 Å². The number of fused-ring (bicyclic) bond motifs is 1. The minimum atomic E-state index is -3.49. The molecule has 0 aliphatic carbocycles. The van der Waals surface area contributed by atoms with Crippen LogP contribution in [0.2, 0.25) is 0 Å². The van der Waals surface area contributed by atoms with E-state index < -0.39 is 10.0 Å². The molecule has 2 aromatic carbocycles. The zero-order valence-electron chi connectivity index (χ0n) is 18.2. The summed E-state index contributed by atoms with van der Waals surface area (Å²) in [6.45, 7) is 7.21. The molecule has 2 heterocycles. The number of anilines is 1. The Morgan fingerprint density at radius 1 is 1.03 bits per heavy atom. The third-order valence-electron chi connectivity index (χ3n) is 5.85. The first-order valence-corrected chi connectivity index (χ1v) is 11.9. The first-order chi connectivity index (χ1) is 14.8. The molecule has 4 rings (SSSR count). The Morgan fingerprint density at radius 2 is 1.71 bits per heavy atom. The van der Waals surface area contributed by atoms with Gasteiger partial charge in [-0.2, -0.15) is 0 Å². The summed E-state index contributed by atoms with van der Waals surface area (Å²) in [4.78, 5) is 9.75. The monoisotopic (exact) mass is 443 g/mol. The summed E-state index contributed by atoms with van der Waals surface area (Å²) < 4.78 is 28.4. The SMILES string of the molecule is CCn1c(CN2CCN(c3ccc(O)cc3)CC2)nc2cc(S(=O)(=O)N(C)C)ccc21. The average molecular weight is 444 g/mol. The van der Waals surface area contributed by atoms with Gasteiger partial charge in [-0.1, -0.05) is 0 Å². The third kappa shape index (κ3) is 4.26. The number of benzene rings is 2. The normalized spacial score (nSPS) is 15.8. The maximum atomic E-state index is 12.5. The van der Waals surface area contributed by atoms with Crippen LogP contribution in [0.3, 0.4) is 0 Å². The lowest BCUT2D eigenvalue weighted by atomic mass is 10.2. The molecule has 1 aliphatic heterocycles. The summed E-state index contributed by atoms with van der Waals surface area (Å²) in [5.74, 6) is 1.23. The molecule has 0 radical (unpaired) electrons. The Labute approximate surface area is 183 Å². The van der Waals surface area contributed by atoms with Crippen molar-refractivity contribution in [2.24, 2.45) is 0 Å². The molecule has 0 spiro atoms. The standard InChI is InChI=1S/C22H29N5O3S/c1-4-27-21-10-9-19(31(29,30)24(2)3)15-20(21)23-22(27)16-25-11-13-26(14-12-25)17-5-7-18(28)8-6-17/h5-10,15,28H,4,11-14,16H2,1-3H3. The highest BCUT2D eigenvalue weighted by atomic mass is 32.2. The molecular weight excluding hydrogens is 414 g/mol. The van der Waals surface area contributed by atoms with Gasteiger partial charge in [0.15, 0.2) is 0 Å². The van der Waals surface area contributed by atoms with E-state index in [9.17, 15) is 13.5 Å². The van der Waals surface area contributed by atoms with E-state index in [4.69, 9.17) is 4.98 Å². The molecule has 0 unspecified atom stereocenters. The van der Waals surface area contributed by atoms with Crippen molar-refractivity contribution in [2.75, 3.05) is 45.2 Å². The van der Waals surface area contributed by atoms with Crippen LogP contribution in [0.15, 0.2) is 47.4 Å². The Bertz CT molecular complexity index is 1160. The number of aromatic hydroxyl groups is 1. The molecule has 1 aromatic heterocycles. The van der Waals surface area contributed by atoms with Gasteiger partial charge in [0.05, 0.1) is 22.5 Å². The molecule has 1 N–H and O–H groups in total. The fraction of sp³-hybridized carbons (Fsp3) is 0.409. The van der Waals surface area contributed by atoms with Gasteiger partial charge in [-0.05, 0) is 49.4 Å². The van der Waals surface area contributed by atoms with Crippen LogP contribution in [0.1, 0.15) is 12.7 Å². The highest BCUT2D eigenvalue weighted by Crippen LogP contribution is 2.24. The smallest absolute Gasteiger partial charge is 0.242 e. The molecule has 1 saturated heterocycles. The summed E-state index contributed by atoms with van der Waals surface area (Å²) in [6, 6.07) is 12.5. The lowest BCUT2D eigenvalue weighted by Gasteiger charge is -2.36. The number of nitrogens with zero attached hydrogens (tertiary/aromatic N) is 5. The zero-order valence-corrected chi connectivity index (χ0v) is 19.0. The molecule has 31 heavy (non-hydrogen) atoms. The van der Waals surface area contributed by atoms with Gasteiger partial charge in [0.25, 0.3) is 0 Å². The molecule has 0 atom stereocenters. The summed E-state index contributed by atoms with van der Waals surface area (Å²) in [6.07, 6.45) is 0. The number of phenolic OH excluding ortho intramolecular Hbond substituents is 1. The summed E-state index contributed by atoms with van der Waals surface area (Å²) in [7, 11) is -0.418. The number of aryl methyl sites for hydroxylation is 1. The van der Waals surface area contributed by atoms with Gasteiger partial charge < -0.3 is 14.6 Å². The maximum Gasteiger partial charge on any atom is 0.242 e. The average Bonchev–Trinajstić information content (AvgIpc) is 3.11. The number of phenols is 1. The number of hydrogen-bond donors (Lipinski definition) is 1. The zero-order chi connectivity index (χ0) is 22.2. The number of imidazole rings is 1. The fourth-order valence-corrected chi connectivity index (χ4v) is 4.95. The van der Waals surface area contributed by atoms with Crippen molar-refractivity contribution >= 4 is 26.7 Å². The van der Waals surface area contributed by atoms with E-state index in [1.165, 1.54) is 18.4 Å². The van der Waals surface area contributed by atoms with Crippen molar-refractivity contribution in [3.8, 4) is 5.75 Å². The van der Waals surface area contributed by atoms with Crippen molar-refractivity contribution in [1.82, 2.24) is 18.8 Å². The number of hydrogen-bond acceptors (Lipinski definition) is 6. The molecule has 0 bridgehead atoms. The van der Waals surface area contributed by atoms with Gasteiger partial charge in [-0.25, -0.2) is 17.7 Å². The van der Waals surface area contributed by atoms with E-state index in [-0.39, 0.29) is 10.6 Å². The Balaban J connectivity index is 1.51. The summed E-state index contributed by atoms with van der Waals surface area (Å²) in [5.41, 5.74) is 2.79. The van der Waals surface area contributed by atoms with Crippen LogP contribution in [-0.4, -0.2) is 72.6 Å². The quantitative estimate of drug-likeness (QED) is 0.630. The van der Waals surface area contributed by atoms with Crippen LogP contribution in [0, 0.1) is 0 Å². The number of piperazine rings is 1. The van der Waals surface area contributed by atoms with Crippen molar-refractivity contribution in [3.05, 3.63) is 48.3 Å². The van der Waals surface area contributed by atoms with Crippen molar-refractivity contribution < 1.29 is 13.5 Å². The van der Waals surface area contributed by atoms with Crippen LogP contribution < -0.4 is 4.90 Å². The Kier molecular flexibility index (Phi) is 5.92. The fourth-order valence-electron chi connectivity index (χ4n) is 4.03. The topological polar surface area (TPSA) is 81.9 Å².